The van der Waals surface area contributed by atoms with Gasteiger partial charge in [0.25, 0.3) is 0 Å². The molecule has 0 aliphatic carbocycles. The fourth-order valence-electron chi connectivity index (χ4n) is 6.40. The van der Waals surface area contributed by atoms with Gasteiger partial charge in [0.2, 0.25) is 5.96 Å². The summed E-state index contributed by atoms with van der Waals surface area (Å²) in [6.45, 7) is 0. The van der Waals surface area contributed by atoms with Gasteiger partial charge < -0.3 is 5.32 Å². The van der Waals surface area contributed by atoms with Crippen molar-refractivity contribution < 1.29 is 0 Å². The molecule has 0 saturated heterocycles. The third kappa shape index (κ3) is 3.98. The minimum atomic E-state index is -0.295. The summed E-state index contributed by atoms with van der Waals surface area (Å²) in [5.41, 5.74) is 6.67. The van der Waals surface area contributed by atoms with E-state index in [9.17, 15) is 0 Å². The molecule has 1 N–H and O–H groups in total. The Labute approximate surface area is 258 Å². The molecule has 8 aromatic rings. The smallest absolute Gasteiger partial charge is 0.211 e. The minimum Gasteiger partial charge on any atom is -0.330 e. The average Bonchev–Trinajstić information content (AvgIpc) is 3.65. The number of fused-ring (bicyclic) bond motifs is 7. The maximum absolute atomic E-state index is 5.29. The molecule has 44 heavy (non-hydrogen) atoms. The van der Waals surface area contributed by atoms with Crippen molar-refractivity contribution in [3.63, 3.8) is 0 Å². The lowest BCUT2D eigenvalue weighted by Crippen LogP contribution is -2.37. The zero-order valence-electron chi connectivity index (χ0n) is 23.7. The molecular weight excluding hydrogens is 557 g/mol. The van der Waals surface area contributed by atoms with Gasteiger partial charge in [0.1, 0.15) is 6.17 Å². The molecule has 3 heterocycles. The third-order valence-electron chi connectivity index (χ3n) is 8.46. The third-order valence-corrected chi connectivity index (χ3v) is 9.66. The van der Waals surface area contributed by atoms with E-state index >= 15 is 0 Å². The van der Waals surface area contributed by atoms with Crippen LogP contribution in [0.4, 0.5) is 0 Å². The van der Waals surface area contributed by atoms with Crippen molar-refractivity contribution in [1.29, 1.82) is 0 Å². The number of rotatable bonds is 3. The van der Waals surface area contributed by atoms with E-state index in [1.54, 1.807) is 0 Å². The number of thiophene rings is 1. The number of hydrogen-bond acceptors (Lipinski definition) is 4. The predicted octanol–water partition coefficient (Wildman–Crippen LogP) is 9.78. The largest absolute Gasteiger partial charge is 0.330 e. The lowest BCUT2D eigenvalue weighted by Gasteiger charge is -2.25. The van der Waals surface area contributed by atoms with Crippen LogP contribution >= 0.6 is 11.3 Å². The molecule has 1 atom stereocenters. The number of amidine groups is 1. The molecule has 0 spiro atoms. The van der Waals surface area contributed by atoms with Crippen molar-refractivity contribution in [2.75, 3.05) is 0 Å². The zero-order chi connectivity index (χ0) is 29.0. The summed E-state index contributed by atoms with van der Waals surface area (Å²) < 4.78 is 4.86. The van der Waals surface area contributed by atoms with E-state index in [0.717, 1.165) is 28.2 Å². The van der Waals surface area contributed by atoms with E-state index in [1.807, 2.05) is 23.5 Å². The number of hydrogen-bond donors (Lipinski definition) is 1. The number of nitrogens with one attached hydrogen (secondary N) is 1. The maximum Gasteiger partial charge on any atom is 0.211 e. The summed E-state index contributed by atoms with van der Waals surface area (Å²) in [7, 11) is 0. The normalized spacial score (nSPS) is 15.0. The first kappa shape index (κ1) is 25.0. The Morgan fingerprint density at radius 1 is 0.568 bits per heavy atom. The summed E-state index contributed by atoms with van der Waals surface area (Å²) in [5.74, 6) is 1.48. The van der Waals surface area contributed by atoms with Crippen LogP contribution in [0, 0.1) is 0 Å². The Bertz CT molecular complexity index is 2420. The van der Waals surface area contributed by atoms with E-state index < -0.39 is 0 Å². The predicted molar refractivity (Wildman–Crippen MR) is 186 cm³/mol. The van der Waals surface area contributed by atoms with Gasteiger partial charge in [0.05, 0.1) is 15.7 Å². The summed E-state index contributed by atoms with van der Waals surface area (Å²) in [6, 6.07) is 51.3. The quantitative estimate of drug-likeness (QED) is 0.221. The Hall–Kier alpha value is -5.52. The van der Waals surface area contributed by atoms with E-state index in [4.69, 9.17) is 9.98 Å². The van der Waals surface area contributed by atoms with Crippen molar-refractivity contribution in [1.82, 2.24) is 9.88 Å². The highest BCUT2D eigenvalue weighted by atomic mass is 32.1. The van der Waals surface area contributed by atoms with Crippen LogP contribution in [-0.2, 0) is 0 Å². The molecule has 0 saturated carbocycles. The molecule has 1 aliphatic heterocycles. The molecule has 1 unspecified atom stereocenters. The number of aliphatic imine (C=N–C) groups is 2. The molecule has 0 fully saturated rings. The molecule has 9 rings (SSSR count). The van der Waals surface area contributed by atoms with Gasteiger partial charge in [0.15, 0.2) is 5.84 Å². The van der Waals surface area contributed by atoms with Gasteiger partial charge in [-0.1, -0.05) is 127 Å². The zero-order valence-corrected chi connectivity index (χ0v) is 24.5. The standard InChI is InChI=1S/C39H26N4S/c1-3-12-25(13-4-1)27-16-11-17-28(24-27)38-40-37(26-14-5-2-6-15-26)41-39(42-38)43-33-20-9-7-18-29(33)31-22-23-32-30-19-8-10-21-34(30)44-36(32)35(31)43/h1-24,37H,(H,40,41,42). The molecule has 6 aromatic carbocycles. The van der Waals surface area contributed by atoms with Crippen LogP contribution in [0.2, 0.25) is 0 Å². The van der Waals surface area contributed by atoms with E-state index in [2.05, 4.69) is 143 Å². The second-order valence-corrected chi connectivity index (χ2v) is 12.1. The topological polar surface area (TPSA) is 41.7 Å². The van der Waals surface area contributed by atoms with Crippen molar-refractivity contribution >= 4 is 65.1 Å². The highest BCUT2D eigenvalue weighted by molar-refractivity contribution is 7.26. The van der Waals surface area contributed by atoms with Crippen molar-refractivity contribution in [2.24, 2.45) is 9.98 Å². The van der Waals surface area contributed by atoms with Crippen LogP contribution in [0.3, 0.4) is 0 Å². The Morgan fingerprint density at radius 2 is 1.25 bits per heavy atom. The fraction of sp³-hybridized carbons (Fsp3) is 0.0256. The van der Waals surface area contributed by atoms with Gasteiger partial charge in [-0.05, 0) is 34.9 Å². The van der Waals surface area contributed by atoms with E-state index in [0.29, 0.717) is 5.84 Å². The molecule has 1 aliphatic rings. The van der Waals surface area contributed by atoms with Gasteiger partial charge in [-0.15, -0.1) is 11.3 Å². The Kier molecular flexibility index (Phi) is 5.71. The van der Waals surface area contributed by atoms with Crippen LogP contribution in [-0.4, -0.2) is 16.4 Å². The number of nitrogens with zero attached hydrogens (tertiary/aromatic N) is 3. The number of aromatic nitrogens is 1. The first-order chi connectivity index (χ1) is 21.8. The molecule has 5 heteroatoms. The SMILES string of the molecule is c1ccc(-c2cccc(C3=NC(c4ccccc4)NC(n4c5ccccc5c5ccc6c7ccccc7sc6c54)=N3)c2)cc1. The maximum atomic E-state index is 5.29. The molecular formula is C39H26N4S. The van der Waals surface area contributed by atoms with Crippen LogP contribution < -0.4 is 5.32 Å². The van der Waals surface area contributed by atoms with Gasteiger partial charge >= 0.3 is 0 Å². The van der Waals surface area contributed by atoms with E-state index in [-0.39, 0.29) is 6.17 Å². The molecule has 4 nitrogen and oxygen atoms in total. The summed E-state index contributed by atoms with van der Waals surface area (Å²) in [4.78, 5) is 10.5. The van der Waals surface area contributed by atoms with Gasteiger partial charge in [-0.25, -0.2) is 4.99 Å². The van der Waals surface area contributed by atoms with Crippen molar-refractivity contribution in [2.45, 2.75) is 6.17 Å². The summed E-state index contributed by atoms with van der Waals surface area (Å²) in [6.07, 6.45) is -0.295. The first-order valence-corrected chi connectivity index (χ1v) is 15.6. The van der Waals surface area contributed by atoms with Crippen molar-refractivity contribution in [3.05, 3.63) is 157 Å². The van der Waals surface area contributed by atoms with Crippen LogP contribution in [0.15, 0.2) is 156 Å². The Balaban J connectivity index is 1.31. The minimum absolute atomic E-state index is 0.295. The summed E-state index contributed by atoms with van der Waals surface area (Å²) >= 11 is 1.84. The highest BCUT2D eigenvalue weighted by Gasteiger charge is 2.25. The van der Waals surface area contributed by atoms with Crippen LogP contribution in [0.25, 0.3) is 53.1 Å². The van der Waals surface area contributed by atoms with Gasteiger partial charge in [-0.2, -0.15) is 4.99 Å². The highest BCUT2D eigenvalue weighted by Crippen LogP contribution is 2.42. The van der Waals surface area contributed by atoms with Gasteiger partial charge in [0, 0.05) is 31.8 Å². The van der Waals surface area contributed by atoms with E-state index in [1.165, 1.54) is 42.0 Å². The van der Waals surface area contributed by atoms with Gasteiger partial charge in [-0.3, -0.25) is 4.57 Å². The molecule has 0 amide bonds. The van der Waals surface area contributed by atoms with Crippen LogP contribution in [0.1, 0.15) is 17.3 Å². The molecule has 208 valence electrons. The lowest BCUT2D eigenvalue weighted by molar-refractivity contribution is 0.661. The van der Waals surface area contributed by atoms with Crippen LogP contribution in [0.5, 0.6) is 0 Å². The number of benzene rings is 6. The molecule has 0 bridgehead atoms. The number of para-hydroxylation sites is 1. The van der Waals surface area contributed by atoms with Crippen molar-refractivity contribution in [3.8, 4) is 11.1 Å². The first-order valence-electron chi connectivity index (χ1n) is 14.8. The average molecular weight is 583 g/mol. The second-order valence-electron chi connectivity index (χ2n) is 11.1. The molecule has 0 radical (unpaired) electrons. The lowest BCUT2D eigenvalue weighted by atomic mass is 10.0. The second kappa shape index (κ2) is 10.0. The fourth-order valence-corrected chi connectivity index (χ4v) is 7.64. The monoisotopic (exact) mass is 582 g/mol. The summed E-state index contributed by atoms with van der Waals surface area (Å²) in [5, 5.41) is 8.71. The molecule has 2 aromatic heterocycles. The Morgan fingerprint density at radius 3 is 2.11 bits per heavy atom.